The fraction of sp³-hybridized carbons (Fsp3) is 0.429. The van der Waals surface area contributed by atoms with Gasteiger partial charge in [-0.1, -0.05) is 6.92 Å². The third kappa shape index (κ3) is 6.16. The molecule has 4 rings (SSSR count). The zero-order valence-electron chi connectivity index (χ0n) is 23.2. The van der Waals surface area contributed by atoms with Gasteiger partial charge in [0.2, 0.25) is 0 Å². The van der Waals surface area contributed by atoms with E-state index in [1.165, 1.54) is 19.2 Å². The highest BCUT2D eigenvalue weighted by molar-refractivity contribution is 6.01. The van der Waals surface area contributed by atoms with Crippen molar-refractivity contribution in [2.75, 3.05) is 18.6 Å². The van der Waals surface area contributed by atoms with E-state index in [0.29, 0.717) is 29.5 Å². The maximum atomic E-state index is 12.3. The maximum absolute atomic E-state index is 12.3. The first-order chi connectivity index (χ1) is 19.4. The molecular weight excluding hydrogens is 532 g/mol. The van der Waals surface area contributed by atoms with Gasteiger partial charge in [0.1, 0.15) is 23.2 Å². The van der Waals surface area contributed by atoms with Crippen LogP contribution >= 0.6 is 0 Å². The smallest absolute Gasteiger partial charge is 0.333 e. The summed E-state index contributed by atoms with van der Waals surface area (Å²) in [5.41, 5.74) is 2.09. The van der Waals surface area contributed by atoms with Gasteiger partial charge in [0.15, 0.2) is 0 Å². The van der Waals surface area contributed by atoms with E-state index in [1.54, 1.807) is 0 Å². The lowest BCUT2D eigenvalue weighted by Gasteiger charge is -2.47. The van der Waals surface area contributed by atoms with Crippen molar-refractivity contribution < 1.29 is 28.9 Å². The number of fused-ring (bicyclic) bond motifs is 1. The van der Waals surface area contributed by atoms with Gasteiger partial charge in [0, 0.05) is 55.2 Å². The normalized spacial score (nSPS) is 17.9. The van der Waals surface area contributed by atoms with Gasteiger partial charge in [0.05, 0.1) is 17.6 Å². The monoisotopic (exact) mass is 562 g/mol. The molecular formula is C28H30N6O7. The number of nitro groups is 1. The number of imide groups is 1. The first-order valence-corrected chi connectivity index (χ1v) is 13.1. The summed E-state index contributed by atoms with van der Waals surface area (Å²) in [5, 5.41) is 29.5. The van der Waals surface area contributed by atoms with Crippen LogP contribution in [-0.4, -0.2) is 47.0 Å². The molecule has 0 radical (unpaired) electrons. The highest BCUT2D eigenvalue weighted by Crippen LogP contribution is 2.48. The van der Waals surface area contributed by atoms with Crippen molar-refractivity contribution in [3.05, 3.63) is 51.6 Å². The molecule has 0 N–H and O–H groups in total. The topological polar surface area (TPSA) is 168 Å². The fourth-order valence-electron chi connectivity index (χ4n) is 5.27. The molecule has 1 unspecified atom stereocenters. The Hall–Kier alpha value is -4.86. The van der Waals surface area contributed by atoms with Crippen LogP contribution in [0.1, 0.15) is 69.9 Å². The Morgan fingerprint density at radius 3 is 2.49 bits per heavy atom. The van der Waals surface area contributed by atoms with Crippen molar-refractivity contribution in [3.63, 3.8) is 0 Å². The Balaban J connectivity index is 1.56. The van der Waals surface area contributed by atoms with Crippen LogP contribution in [0.3, 0.4) is 0 Å². The van der Waals surface area contributed by atoms with Gasteiger partial charge < -0.3 is 14.5 Å². The number of hydrogen-bond acceptors (Lipinski definition) is 11. The molecule has 2 aromatic carbocycles. The number of rotatable bonds is 9. The predicted molar refractivity (Wildman–Crippen MR) is 146 cm³/mol. The minimum atomic E-state index is -0.645. The quantitative estimate of drug-likeness (QED) is 0.169. The molecule has 1 atom stereocenters. The number of hydroxylamine groups is 2. The van der Waals surface area contributed by atoms with Crippen molar-refractivity contribution >= 4 is 40.5 Å². The zero-order chi connectivity index (χ0) is 29.9. The molecule has 41 heavy (non-hydrogen) atoms. The third-order valence-electron chi connectivity index (χ3n) is 7.22. The maximum Gasteiger partial charge on any atom is 0.333 e. The summed E-state index contributed by atoms with van der Waals surface area (Å²) in [6.45, 7) is 6.84. The van der Waals surface area contributed by atoms with E-state index in [-0.39, 0.29) is 47.7 Å². The van der Waals surface area contributed by atoms with E-state index in [9.17, 15) is 29.8 Å². The van der Waals surface area contributed by atoms with Gasteiger partial charge in [-0.05, 0) is 50.3 Å². The van der Waals surface area contributed by atoms with Crippen LogP contribution in [0.25, 0.3) is 0 Å². The van der Waals surface area contributed by atoms with E-state index in [4.69, 9.17) is 9.57 Å². The molecule has 214 valence electrons. The molecule has 0 bridgehead atoms. The lowest BCUT2D eigenvalue weighted by molar-refractivity contribution is -0.384. The van der Waals surface area contributed by atoms with Gasteiger partial charge in [0.25, 0.3) is 17.5 Å². The highest BCUT2D eigenvalue weighted by atomic mass is 16.7. The van der Waals surface area contributed by atoms with Gasteiger partial charge in [-0.15, -0.1) is 15.3 Å². The number of carbonyl (C=O) groups excluding carboxylic acids is 3. The second-order valence-electron chi connectivity index (χ2n) is 10.6. The Kier molecular flexibility index (Phi) is 8.32. The molecule has 2 aliphatic heterocycles. The fourth-order valence-corrected chi connectivity index (χ4v) is 5.27. The summed E-state index contributed by atoms with van der Waals surface area (Å²) in [5.74, 6) is -1.08. The number of ether oxygens (including phenoxy) is 1. The van der Waals surface area contributed by atoms with Crippen LogP contribution in [0, 0.1) is 21.4 Å². The Labute approximate surface area is 236 Å². The number of benzene rings is 2. The van der Waals surface area contributed by atoms with Crippen molar-refractivity contribution in [2.45, 2.75) is 64.3 Å². The third-order valence-corrected chi connectivity index (χ3v) is 7.22. The van der Waals surface area contributed by atoms with E-state index in [0.717, 1.165) is 23.7 Å². The first kappa shape index (κ1) is 29.1. The SMILES string of the molecule is COc1cc2c(cc1/N=N/c1ccc([N+](=O)[O-])cc1C#N)C(C)CC(C)(C)N2CCCC(=O)ON1C(=O)CCC1=O. The number of methoxy groups -OCH3 is 1. The molecule has 0 aromatic heterocycles. The van der Waals surface area contributed by atoms with E-state index in [2.05, 4.69) is 35.9 Å². The minimum Gasteiger partial charge on any atom is -0.494 e. The number of nitriles is 1. The van der Waals surface area contributed by atoms with Crippen molar-refractivity contribution in [3.8, 4) is 11.8 Å². The van der Waals surface area contributed by atoms with Crippen molar-refractivity contribution in [1.29, 1.82) is 5.26 Å². The van der Waals surface area contributed by atoms with Crippen LogP contribution in [0.4, 0.5) is 22.7 Å². The highest BCUT2D eigenvalue weighted by Gasteiger charge is 2.37. The molecule has 13 heteroatoms. The van der Waals surface area contributed by atoms with Crippen LogP contribution in [-0.2, 0) is 19.2 Å². The van der Waals surface area contributed by atoms with E-state index in [1.807, 2.05) is 18.2 Å². The average molecular weight is 563 g/mol. The summed E-state index contributed by atoms with van der Waals surface area (Å²) in [6.07, 6.45) is 1.34. The summed E-state index contributed by atoms with van der Waals surface area (Å²) < 4.78 is 5.62. The Morgan fingerprint density at radius 1 is 1.17 bits per heavy atom. The summed E-state index contributed by atoms with van der Waals surface area (Å²) in [7, 11) is 1.51. The van der Waals surface area contributed by atoms with Crippen LogP contribution in [0.2, 0.25) is 0 Å². The number of anilines is 1. The average Bonchev–Trinajstić information content (AvgIpc) is 3.24. The molecule has 1 saturated heterocycles. The summed E-state index contributed by atoms with van der Waals surface area (Å²) in [6, 6.07) is 9.44. The molecule has 1 fully saturated rings. The predicted octanol–water partition coefficient (Wildman–Crippen LogP) is 5.37. The Bertz CT molecular complexity index is 1460. The van der Waals surface area contributed by atoms with E-state index < -0.39 is 22.7 Å². The zero-order valence-corrected chi connectivity index (χ0v) is 23.2. The van der Waals surface area contributed by atoms with Crippen molar-refractivity contribution in [2.24, 2.45) is 10.2 Å². The Morgan fingerprint density at radius 2 is 1.85 bits per heavy atom. The lowest BCUT2D eigenvalue weighted by Crippen LogP contribution is -2.49. The molecule has 0 saturated carbocycles. The molecule has 2 heterocycles. The molecule has 13 nitrogen and oxygen atoms in total. The van der Waals surface area contributed by atoms with Crippen LogP contribution in [0.15, 0.2) is 40.6 Å². The summed E-state index contributed by atoms with van der Waals surface area (Å²) in [4.78, 5) is 53.5. The van der Waals surface area contributed by atoms with Gasteiger partial charge >= 0.3 is 5.97 Å². The molecule has 2 aromatic rings. The van der Waals surface area contributed by atoms with E-state index >= 15 is 0 Å². The second kappa shape index (κ2) is 11.7. The number of nitrogens with zero attached hydrogens (tertiary/aromatic N) is 6. The van der Waals surface area contributed by atoms with Crippen LogP contribution in [0.5, 0.6) is 5.75 Å². The molecule has 2 amide bonds. The van der Waals surface area contributed by atoms with Crippen LogP contribution < -0.4 is 9.64 Å². The molecule has 0 aliphatic carbocycles. The van der Waals surface area contributed by atoms with Crippen molar-refractivity contribution in [1.82, 2.24) is 5.06 Å². The first-order valence-electron chi connectivity index (χ1n) is 13.1. The number of carbonyl (C=O) groups is 3. The molecule has 0 spiro atoms. The number of amides is 2. The van der Waals surface area contributed by atoms with Gasteiger partial charge in [-0.25, -0.2) is 4.79 Å². The lowest BCUT2D eigenvalue weighted by atomic mass is 9.79. The van der Waals surface area contributed by atoms with Gasteiger partial charge in [-0.3, -0.25) is 19.7 Å². The van der Waals surface area contributed by atoms with Gasteiger partial charge in [-0.2, -0.15) is 5.26 Å². The number of non-ortho nitro benzene ring substituents is 1. The number of nitro benzene ring substituents is 1. The number of azo groups is 1. The summed E-state index contributed by atoms with van der Waals surface area (Å²) >= 11 is 0. The second-order valence-corrected chi connectivity index (χ2v) is 10.6. The number of hydrogen-bond donors (Lipinski definition) is 0. The molecule has 2 aliphatic rings. The minimum absolute atomic E-state index is 0.0222. The standard InChI is InChI=1S/C28H30N6O7/c1-17-15-28(2,3)32(11-5-6-27(37)41-33-25(35)9-10-26(33)36)23-14-24(40-4)22(13-20(17)23)31-30-21-8-7-19(34(38)39)12-18(21)16-29/h7-8,12-14,17H,5-6,9-11,15H2,1-4H3/b31-30+. The largest absolute Gasteiger partial charge is 0.494 e.